The summed E-state index contributed by atoms with van der Waals surface area (Å²) in [5, 5.41) is 0. The highest BCUT2D eigenvalue weighted by atomic mass is 19.2. The van der Waals surface area contributed by atoms with Crippen LogP contribution in [0.25, 0.3) is 0 Å². The summed E-state index contributed by atoms with van der Waals surface area (Å²) in [6, 6.07) is -1.14. The van der Waals surface area contributed by atoms with E-state index in [1.165, 1.54) is 0 Å². The van der Waals surface area contributed by atoms with E-state index in [1.54, 1.807) is 0 Å². The minimum absolute atomic E-state index is 0.824. The van der Waals surface area contributed by atoms with Crippen molar-refractivity contribution in [1.82, 2.24) is 0 Å². The maximum atomic E-state index is 11.7. The van der Waals surface area contributed by atoms with Gasteiger partial charge in [0, 0.05) is 0 Å². The van der Waals surface area contributed by atoms with Crippen molar-refractivity contribution in [2.24, 2.45) is 0 Å². The fraction of sp³-hybridized carbons (Fsp3) is 0.200. The van der Waals surface area contributed by atoms with Crippen LogP contribution in [-0.4, -0.2) is 6.36 Å². The summed E-state index contributed by atoms with van der Waals surface area (Å²) >= 11 is 0. The van der Waals surface area contributed by atoms with Gasteiger partial charge in [-0.1, -0.05) is 6.58 Å². The number of rotatable bonds is 3. The molecule has 0 amide bonds. The van der Waals surface area contributed by atoms with Gasteiger partial charge in [-0.05, 0) is 12.7 Å². The molecule has 0 saturated heterocycles. The lowest BCUT2D eigenvalue weighted by atomic mass is 10.6. The molecule has 8 heavy (non-hydrogen) atoms. The van der Waals surface area contributed by atoms with Crippen molar-refractivity contribution < 1.29 is 13.5 Å². The van der Waals surface area contributed by atoms with E-state index >= 15 is 0 Å². The fourth-order valence-electron chi connectivity index (χ4n) is 0.170. The van der Waals surface area contributed by atoms with Crippen molar-refractivity contribution in [3.8, 4) is 0 Å². The number of ether oxygens (including phenoxy) is 1. The van der Waals surface area contributed by atoms with Gasteiger partial charge in [-0.2, -0.15) is 8.78 Å². The Morgan fingerprint density at radius 1 is 1.75 bits per heavy atom. The zero-order valence-corrected chi connectivity index (χ0v) is 4.23. The van der Waals surface area contributed by atoms with Crippen LogP contribution in [0.5, 0.6) is 0 Å². The maximum absolute atomic E-state index is 11.7. The topological polar surface area (TPSA) is 9.23 Å². The van der Waals surface area contributed by atoms with Gasteiger partial charge in [0.15, 0.2) is 0 Å². The molecule has 0 aliphatic carbocycles. The maximum Gasteiger partial charge on any atom is 0.268 e. The van der Waals surface area contributed by atoms with Crippen LogP contribution in [-0.2, 0) is 4.74 Å². The minimum atomic E-state index is -1.78. The molecule has 1 nitrogen and oxygen atoms in total. The standard InChI is InChI=1S/C5H6F2O/c1-3-5(7)8-4(2)6/h3,5H,1-2H2. The lowest BCUT2D eigenvalue weighted by molar-refractivity contribution is 0.0139. The molecule has 0 bridgehead atoms. The fourth-order valence-corrected chi connectivity index (χ4v) is 0.170. The van der Waals surface area contributed by atoms with Gasteiger partial charge in [0.2, 0.25) is 0 Å². The van der Waals surface area contributed by atoms with Gasteiger partial charge in [-0.15, -0.1) is 0 Å². The van der Waals surface area contributed by atoms with Gasteiger partial charge in [0.25, 0.3) is 12.4 Å². The first-order valence-corrected chi connectivity index (χ1v) is 1.94. The van der Waals surface area contributed by atoms with Gasteiger partial charge < -0.3 is 4.74 Å². The van der Waals surface area contributed by atoms with Crippen molar-refractivity contribution in [1.29, 1.82) is 0 Å². The zero-order chi connectivity index (χ0) is 6.57. The smallest absolute Gasteiger partial charge is 0.268 e. The predicted octanol–water partition coefficient (Wildman–Crippen LogP) is 1.93. The third-order valence-corrected chi connectivity index (χ3v) is 0.426. The van der Waals surface area contributed by atoms with E-state index in [0.717, 1.165) is 6.08 Å². The van der Waals surface area contributed by atoms with Crippen LogP contribution in [0.2, 0.25) is 0 Å². The SMILES string of the molecule is C=CC(F)OC(=C)F. The first-order chi connectivity index (χ1) is 3.66. The summed E-state index contributed by atoms with van der Waals surface area (Å²) < 4.78 is 26.9. The Morgan fingerprint density at radius 2 is 2.25 bits per heavy atom. The summed E-state index contributed by atoms with van der Waals surface area (Å²) in [5.41, 5.74) is 0. The molecule has 0 aromatic heterocycles. The normalized spacial score (nSPS) is 12.2. The summed E-state index contributed by atoms with van der Waals surface area (Å²) in [5.74, 6) is 0. The van der Waals surface area contributed by atoms with Gasteiger partial charge >= 0.3 is 0 Å². The first kappa shape index (κ1) is 7.14. The van der Waals surface area contributed by atoms with Crippen LogP contribution in [0.4, 0.5) is 8.78 Å². The third-order valence-electron chi connectivity index (χ3n) is 0.426. The van der Waals surface area contributed by atoms with E-state index < -0.39 is 12.4 Å². The molecule has 0 aliphatic heterocycles. The van der Waals surface area contributed by atoms with Crippen molar-refractivity contribution in [2.75, 3.05) is 0 Å². The molecule has 1 unspecified atom stereocenters. The summed E-state index contributed by atoms with van der Waals surface area (Å²) in [7, 11) is 0. The third kappa shape index (κ3) is 3.33. The zero-order valence-electron chi connectivity index (χ0n) is 4.23. The summed E-state index contributed by atoms with van der Waals surface area (Å²) in [6.45, 7) is 5.67. The molecule has 0 spiro atoms. The number of hydrogen-bond acceptors (Lipinski definition) is 1. The van der Waals surface area contributed by atoms with Crippen LogP contribution in [0.1, 0.15) is 0 Å². The molecule has 0 aromatic rings. The minimum Gasteiger partial charge on any atom is -0.433 e. The summed E-state index contributed by atoms with van der Waals surface area (Å²) in [4.78, 5) is 0. The first-order valence-electron chi connectivity index (χ1n) is 1.94. The molecule has 0 heterocycles. The van der Waals surface area contributed by atoms with Gasteiger partial charge in [0.05, 0.1) is 0 Å². The average Bonchev–Trinajstić information content (AvgIpc) is 1.65. The number of halogens is 2. The Hall–Kier alpha value is -0.860. The van der Waals surface area contributed by atoms with Crippen molar-refractivity contribution in [2.45, 2.75) is 6.36 Å². The highest BCUT2D eigenvalue weighted by Gasteiger charge is 1.99. The molecule has 0 N–H and O–H groups in total. The van der Waals surface area contributed by atoms with Crippen LogP contribution in [0, 0.1) is 0 Å². The molecule has 3 heteroatoms. The summed E-state index contributed by atoms with van der Waals surface area (Å²) in [6.07, 6.45) is -0.961. The van der Waals surface area contributed by atoms with Crippen LogP contribution < -0.4 is 0 Å². The van der Waals surface area contributed by atoms with Crippen LogP contribution in [0.3, 0.4) is 0 Å². The quantitative estimate of drug-likeness (QED) is 0.408. The molecule has 0 radical (unpaired) electrons. The molecule has 0 aromatic carbocycles. The van der Waals surface area contributed by atoms with Gasteiger partial charge in [-0.3, -0.25) is 0 Å². The largest absolute Gasteiger partial charge is 0.433 e. The molecular weight excluding hydrogens is 114 g/mol. The van der Waals surface area contributed by atoms with Gasteiger partial charge in [-0.25, -0.2) is 0 Å². The molecule has 46 valence electrons. The monoisotopic (exact) mass is 120 g/mol. The Morgan fingerprint density at radius 3 is 2.38 bits per heavy atom. The van der Waals surface area contributed by atoms with Crippen LogP contribution in [0.15, 0.2) is 25.2 Å². The molecular formula is C5H6F2O. The van der Waals surface area contributed by atoms with E-state index in [2.05, 4.69) is 17.9 Å². The van der Waals surface area contributed by atoms with E-state index in [0.29, 0.717) is 0 Å². The van der Waals surface area contributed by atoms with E-state index in [9.17, 15) is 8.78 Å². The Balaban J connectivity index is 3.38. The Kier molecular flexibility index (Phi) is 2.84. The molecule has 0 rings (SSSR count). The molecule has 0 aliphatic rings. The highest BCUT2D eigenvalue weighted by molar-refractivity contribution is 4.75. The van der Waals surface area contributed by atoms with E-state index in [4.69, 9.17) is 0 Å². The van der Waals surface area contributed by atoms with Crippen molar-refractivity contribution in [3.05, 3.63) is 25.2 Å². The Bertz CT molecular complexity index is 101. The van der Waals surface area contributed by atoms with Crippen molar-refractivity contribution in [3.63, 3.8) is 0 Å². The molecule has 0 saturated carbocycles. The second-order valence-corrected chi connectivity index (χ2v) is 1.06. The van der Waals surface area contributed by atoms with E-state index in [1.807, 2.05) is 0 Å². The number of alkyl halides is 1. The van der Waals surface area contributed by atoms with Crippen molar-refractivity contribution >= 4 is 0 Å². The Labute approximate surface area is 46.3 Å². The molecule has 0 fully saturated rings. The number of hydrogen-bond donors (Lipinski definition) is 0. The molecule has 1 atom stereocenters. The second kappa shape index (κ2) is 3.18. The van der Waals surface area contributed by atoms with E-state index in [-0.39, 0.29) is 0 Å². The predicted molar refractivity (Wildman–Crippen MR) is 26.4 cm³/mol. The second-order valence-electron chi connectivity index (χ2n) is 1.06. The average molecular weight is 120 g/mol. The lowest BCUT2D eigenvalue weighted by Crippen LogP contribution is -1.97. The lowest BCUT2D eigenvalue weighted by Gasteiger charge is -2.00. The van der Waals surface area contributed by atoms with Crippen LogP contribution >= 0.6 is 0 Å². The highest BCUT2D eigenvalue weighted by Crippen LogP contribution is 2.02. The van der Waals surface area contributed by atoms with Gasteiger partial charge in [0.1, 0.15) is 0 Å².